The second-order valence-corrected chi connectivity index (χ2v) is 5.99. The van der Waals surface area contributed by atoms with E-state index in [-0.39, 0.29) is 24.8 Å². The summed E-state index contributed by atoms with van der Waals surface area (Å²) >= 11 is 6.06. The Kier molecular flexibility index (Phi) is 6.42. The zero-order valence-electron chi connectivity index (χ0n) is 14.5. The van der Waals surface area contributed by atoms with Crippen LogP contribution in [0.4, 0.5) is 11.4 Å². The van der Waals surface area contributed by atoms with Crippen LogP contribution in [0.15, 0.2) is 42.5 Å². The molecule has 0 aliphatic carbocycles. The summed E-state index contributed by atoms with van der Waals surface area (Å²) in [5, 5.41) is 3.43. The normalized spacial score (nSPS) is 10.2. The Bertz CT molecular complexity index is 760. The molecule has 0 radical (unpaired) electrons. The maximum Gasteiger partial charge on any atom is 0.226 e. The molecule has 0 spiro atoms. The second kappa shape index (κ2) is 8.53. The Balaban J connectivity index is 2.01. The SMILES string of the molecule is COc1ccc(N(CCC(=O)Nc2cccc(Cl)c2C)C(C)=O)cc1. The van der Waals surface area contributed by atoms with E-state index < -0.39 is 0 Å². The predicted molar refractivity (Wildman–Crippen MR) is 100 cm³/mol. The quantitative estimate of drug-likeness (QED) is 0.845. The second-order valence-electron chi connectivity index (χ2n) is 5.58. The lowest BCUT2D eigenvalue weighted by atomic mass is 10.2. The van der Waals surface area contributed by atoms with Crippen LogP contribution in [-0.4, -0.2) is 25.5 Å². The van der Waals surface area contributed by atoms with Gasteiger partial charge in [-0.25, -0.2) is 0 Å². The summed E-state index contributed by atoms with van der Waals surface area (Å²) in [7, 11) is 1.58. The van der Waals surface area contributed by atoms with E-state index in [0.29, 0.717) is 16.5 Å². The lowest BCUT2D eigenvalue weighted by Crippen LogP contribution is -2.32. The van der Waals surface area contributed by atoms with Crippen molar-refractivity contribution in [2.45, 2.75) is 20.3 Å². The minimum Gasteiger partial charge on any atom is -0.497 e. The molecule has 0 aliphatic rings. The number of hydrogen-bond acceptors (Lipinski definition) is 3. The van der Waals surface area contributed by atoms with Gasteiger partial charge in [-0.05, 0) is 48.9 Å². The molecule has 0 aromatic heterocycles. The molecule has 0 fully saturated rings. The van der Waals surface area contributed by atoms with Crippen LogP contribution in [0.5, 0.6) is 5.75 Å². The van der Waals surface area contributed by atoms with E-state index in [2.05, 4.69) is 5.32 Å². The number of halogens is 1. The molecular formula is C19H21ClN2O3. The Morgan fingerprint density at radius 2 is 1.84 bits per heavy atom. The smallest absolute Gasteiger partial charge is 0.226 e. The zero-order chi connectivity index (χ0) is 18.4. The summed E-state index contributed by atoms with van der Waals surface area (Å²) in [4.78, 5) is 25.7. The standard InChI is InChI=1S/C19H21ClN2O3/c1-13-17(20)5-4-6-18(13)21-19(24)11-12-22(14(2)23)15-7-9-16(25-3)10-8-15/h4-10H,11-12H2,1-3H3,(H,21,24). The molecule has 2 aromatic rings. The van der Waals surface area contributed by atoms with Gasteiger partial charge in [-0.3, -0.25) is 9.59 Å². The largest absolute Gasteiger partial charge is 0.497 e. The zero-order valence-corrected chi connectivity index (χ0v) is 15.3. The third-order valence-corrected chi connectivity index (χ3v) is 4.28. The molecule has 2 amide bonds. The molecule has 6 heteroatoms. The molecule has 0 unspecified atom stereocenters. The number of methoxy groups -OCH3 is 1. The van der Waals surface area contributed by atoms with Crippen molar-refractivity contribution in [2.75, 3.05) is 23.9 Å². The van der Waals surface area contributed by atoms with Crippen molar-refractivity contribution in [1.82, 2.24) is 0 Å². The minimum absolute atomic E-state index is 0.128. The van der Waals surface area contributed by atoms with Crippen molar-refractivity contribution in [3.63, 3.8) is 0 Å². The molecule has 0 saturated carbocycles. The molecule has 25 heavy (non-hydrogen) atoms. The van der Waals surface area contributed by atoms with Crippen molar-refractivity contribution in [3.05, 3.63) is 53.1 Å². The number of benzene rings is 2. The van der Waals surface area contributed by atoms with E-state index in [4.69, 9.17) is 16.3 Å². The average Bonchev–Trinajstić information content (AvgIpc) is 2.59. The van der Waals surface area contributed by atoms with Gasteiger partial charge in [0.25, 0.3) is 0 Å². The maximum absolute atomic E-state index is 12.2. The number of rotatable bonds is 6. The van der Waals surface area contributed by atoms with Gasteiger partial charge in [0.2, 0.25) is 11.8 Å². The van der Waals surface area contributed by atoms with Crippen molar-refractivity contribution in [3.8, 4) is 5.75 Å². The molecule has 0 aliphatic heterocycles. The number of ether oxygens (including phenoxy) is 1. The number of anilines is 2. The molecule has 0 bridgehead atoms. The lowest BCUT2D eigenvalue weighted by molar-refractivity contribution is -0.117. The molecule has 0 atom stereocenters. The third-order valence-electron chi connectivity index (χ3n) is 3.87. The van der Waals surface area contributed by atoms with Gasteiger partial charge in [-0.1, -0.05) is 17.7 Å². The predicted octanol–water partition coefficient (Wildman–Crippen LogP) is 4.04. The van der Waals surface area contributed by atoms with Crippen molar-refractivity contribution in [2.24, 2.45) is 0 Å². The van der Waals surface area contributed by atoms with E-state index in [9.17, 15) is 9.59 Å². The molecule has 132 valence electrons. The topological polar surface area (TPSA) is 58.6 Å². The Hall–Kier alpha value is -2.53. The van der Waals surface area contributed by atoms with E-state index in [1.807, 2.05) is 6.92 Å². The van der Waals surface area contributed by atoms with Crippen LogP contribution in [-0.2, 0) is 9.59 Å². The number of amides is 2. The van der Waals surface area contributed by atoms with Crippen molar-refractivity contribution in [1.29, 1.82) is 0 Å². The highest BCUT2D eigenvalue weighted by Gasteiger charge is 2.14. The average molecular weight is 361 g/mol. The Morgan fingerprint density at radius 3 is 2.44 bits per heavy atom. The summed E-state index contributed by atoms with van der Waals surface area (Å²) in [5.74, 6) is 0.406. The summed E-state index contributed by atoms with van der Waals surface area (Å²) in [6.07, 6.45) is 0.178. The summed E-state index contributed by atoms with van der Waals surface area (Å²) in [6, 6.07) is 12.5. The molecular weight excluding hydrogens is 340 g/mol. The molecule has 1 N–H and O–H groups in total. The van der Waals surface area contributed by atoms with E-state index in [1.54, 1.807) is 54.5 Å². The fraction of sp³-hybridized carbons (Fsp3) is 0.263. The first-order chi connectivity index (χ1) is 11.9. The molecule has 0 saturated heterocycles. The van der Waals surface area contributed by atoms with E-state index >= 15 is 0 Å². The molecule has 5 nitrogen and oxygen atoms in total. The van der Waals surface area contributed by atoms with Crippen LogP contribution >= 0.6 is 11.6 Å². The first-order valence-electron chi connectivity index (χ1n) is 7.89. The third kappa shape index (κ3) is 4.97. The van der Waals surface area contributed by atoms with Gasteiger partial charge in [-0.2, -0.15) is 0 Å². The van der Waals surface area contributed by atoms with Gasteiger partial charge in [0, 0.05) is 36.3 Å². The van der Waals surface area contributed by atoms with Crippen LogP contribution in [0.3, 0.4) is 0 Å². The number of nitrogens with zero attached hydrogens (tertiary/aromatic N) is 1. The highest BCUT2D eigenvalue weighted by molar-refractivity contribution is 6.31. The fourth-order valence-electron chi connectivity index (χ4n) is 2.40. The van der Waals surface area contributed by atoms with Gasteiger partial charge in [-0.15, -0.1) is 0 Å². The maximum atomic E-state index is 12.2. The lowest BCUT2D eigenvalue weighted by Gasteiger charge is -2.21. The number of carbonyl (C=O) groups is 2. The summed E-state index contributed by atoms with van der Waals surface area (Å²) in [6.45, 7) is 3.60. The Labute approximate surface area is 152 Å². The highest BCUT2D eigenvalue weighted by Crippen LogP contribution is 2.23. The summed E-state index contributed by atoms with van der Waals surface area (Å²) in [5.41, 5.74) is 2.22. The highest BCUT2D eigenvalue weighted by atomic mass is 35.5. The van der Waals surface area contributed by atoms with Crippen molar-refractivity contribution >= 4 is 34.8 Å². The first-order valence-corrected chi connectivity index (χ1v) is 8.27. The van der Waals surface area contributed by atoms with Crippen LogP contribution in [0.2, 0.25) is 5.02 Å². The van der Waals surface area contributed by atoms with Gasteiger partial charge in [0.15, 0.2) is 0 Å². The number of carbonyl (C=O) groups excluding carboxylic acids is 2. The van der Waals surface area contributed by atoms with Crippen LogP contribution in [0, 0.1) is 6.92 Å². The van der Waals surface area contributed by atoms with Crippen molar-refractivity contribution < 1.29 is 14.3 Å². The monoisotopic (exact) mass is 360 g/mol. The van der Waals surface area contributed by atoms with E-state index in [0.717, 1.165) is 11.3 Å². The molecule has 2 aromatic carbocycles. The van der Waals surface area contributed by atoms with Crippen LogP contribution < -0.4 is 15.0 Å². The van der Waals surface area contributed by atoms with Gasteiger partial charge >= 0.3 is 0 Å². The first kappa shape index (κ1) is 18.8. The number of nitrogens with one attached hydrogen (secondary N) is 1. The Morgan fingerprint density at radius 1 is 1.16 bits per heavy atom. The van der Waals surface area contributed by atoms with Gasteiger partial charge < -0.3 is 15.0 Å². The fourth-order valence-corrected chi connectivity index (χ4v) is 2.57. The van der Waals surface area contributed by atoms with Crippen LogP contribution in [0.1, 0.15) is 18.9 Å². The van der Waals surface area contributed by atoms with Gasteiger partial charge in [0.1, 0.15) is 5.75 Å². The molecule has 0 heterocycles. The molecule has 2 rings (SSSR count). The van der Waals surface area contributed by atoms with Gasteiger partial charge in [0.05, 0.1) is 7.11 Å². The minimum atomic E-state index is -0.176. The number of hydrogen-bond donors (Lipinski definition) is 1. The summed E-state index contributed by atoms with van der Waals surface area (Å²) < 4.78 is 5.12. The van der Waals surface area contributed by atoms with Crippen LogP contribution in [0.25, 0.3) is 0 Å². The van der Waals surface area contributed by atoms with E-state index in [1.165, 1.54) is 6.92 Å².